The van der Waals surface area contributed by atoms with Crippen LogP contribution >= 0.6 is 0 Å². The van der Waals surface area contributed by atoms with Crippen molar-refractivity contribution in [1.29, 1.82) is 0 Å². The lowest BCUT2D eigenvalue weighted by molar-refractivity contribution is 0.0993. The fourth-order valence-corrected chi connectivity index (χ4v) is 5.02. The van der Waals surface area contributed by atoms with Gasteiger partial charge in [0.2, 0.25) is 0 Å². The number of aromatic nitrogens is 5. The van der Waals surface area contributed by atoms with Crippen LogP contribution in [-0.2, 0) is 11.8 Å². The zero-order valence-electron chi connectivity index (χ0n) is 25.6. The number of hydrogen-bond acceptors (Lipinski definition) is 10. The van der Waals surface area contributed by atoms with E-state index in [0.29, 0.717) is 30.2 Å². The number of hydrogen-bond donors (Lipinski definition) is 3. The van der Waals surface area contributed by atoms with E-state index in [-0.39, 0.29) is 17.8 Å². The molecule has 1 aliphatic heterocycles. The number of rotatable bonds is 10. The van der Waals surface area contributed by atoms with E-state index in [1.807, 2.05) is 56.3 Å². The molecule has 43 heavy (non-hydrogen) atoms. The standard InChI is InChI=1S/C32H41N9O2/c1-22-6-7-25(27(43)17-24-8-9-33-28(18-24)32(3,4)5)19-26(22)36-31-16-23(2)37-41(31)30-20-29(34-21-35-30)38-40-12-10-39(11-13-40)14-15-42/h6-9,16,18-21,36,42H,10-15,17H2,1-5H3,(H,34,35,38). The first kappa shape index (κ1) is 30.3. The molecule has 0 amide bonds. The summed E-state index contributed by atoms with van der Waals surface area (Å²) in [7, 11) is 0. The number of Topliss-reactive ketones (excluding diaryl/α,β-unsaturated/α-hetero) is 1. The van der Waals surface area contributed by atoms with Gasteiger partial charge in [-0.3, -0.25) is 14.7 Å². The number of benzene rings is 1. The van der Waals surface area contributed by atoms with Crippen molar-refractivity contribution in [1.82, 2.24) is 34.6 Å². The molecule has 0 atom stereocenters. The van der Waals surface area contributed by atoms with E-state index >= 15 is 0 Å². The zero-order valence-corrected chi connectivity index (χ0v) is 25.6. The second-order valence-corrected chi connectivity index (χ2v) is 12.1. The number of pyridine rings is 1. The van der Waals surface area contributed by atoms with E-state index in [4.69, 9.17) is 0 Å². The van der Waals surface area contributed by atoms with E-state index < -0.39 is 0 Å². The predicted octanol–water partition coefficient (Wildman–Crippen LogP) is 4.08. The van der Waals surface area contributed by atoms with Crippen molar-refractivity contribution in [3.05, 3.63) is 83.1 Å². The molecule has 5 rings (SSSR count). The van der Waals surface area contributed by atoms with Crippen LogP contribution in [0.5, 0.6) is 0 Å². The summed E-state index contributed by atoms with van der Waals surface area (Å²) >= 11 is 0. The van der Waals surface area contributed by atoms with Gasteiger partial charge in [-0.1, -0.05) is 32.9 Å². The van der Waals surface area contributed by atoms with Crippen molar-refractivity contribution in [2.24, 2.45) is 0 Å². The number of carbonyl (C=O) groups excluding carboxylic acids is 1. The van der Waals surface area contributed by atoms with Gasteiger partial charge in [0.05, 0.1) is 12.3 Å². The number of β-amino-alcohol motifs (C(OH)–C–C–N with tert-alkyl or cyclic N) is 1. The molecule has 11 heteroatoms. The molecule has 1 aromatic carbocycles. The third-order valence-electron chi connectivity index (χ3n) is 7.54. The third kappa shape index (κ3) is 7.61. The van der Waals surface area contributed by atoms with E-state index in [9.17, 15) is 9.90 Å². The molecule has 0 unspecified atom stereocenters. The number of aryl methyl sites for hydroxylation is 2. The van der Waals surface area contributed by atoms with Gasteiger partial charge in [-0.25, -0.2) is 15.0 Å². The lowest BCUT2D eigenvalue weighted by Gasteiger charge is -2.34. The van der Waals surface area contributed by atoms with Crippen LogP contribution in [0.25, 0.3) is 5.82 Å². The Labute approximate surface area is 253 Å². The number of nitrogens with zero attached hydrogens (tertiary/aromatic N) is 7. The molecule has 0 saturated carbocycles. The monoisotopic (exact) mass is 583 g/mol. The van der Waals surface area contributed by atoms with Gasteiger partial charge in [0.15, 0.2) is 11.6 Å². The van der Waals surface area contributed by atoms with Crippen LogP contribution in [-0.4, -0.2) is 84.9 Å². The van der Waals surface area contributed by atoms with Gasteiger partial charge in [0.25, 0.3) is 0 Å². The number of carbonyl (C=O) groups is 1. The largest absolute Gasteiger partial charge is 0.395 e. The summed E-state index contributed by atoms with van der Waals surface area (Å²) in [5.41, 5.74) is 8.51. The van der Waals surface area contributed by atoms with Crippen LogP contribution in [0.15, 0.2) is 55.0 Å². The Balaban J connectivity index is 1.32. The predicted molar refractivity (Wildman–Crippen MR) is 168 cm³/mol. The quantitative estimate of drug-likeness (QED) is 0.235. The first-order valence-corrected chi connectivity index (χ1v) is 14.7. The molecule has 226 valence electrons. The minimum Gasteiger partial charge on any atom is -0.395 e. The number of ketones is 1. The highest BCUT2D eigenvalue weighted by Gasteiger charge is 2.19. The van der Waals surface area contributed by atoms with Gasteiger partial charge in [-0.05, 0) is 43.2 Å². The van der Waals surface area contributed by atoms with Crippen LogP contribution in [0.1, 0.15) is 53.6 Å². The van der Waals surface area contributed by atoms with Crippen molar-refractivity contribution < 1.29 is 9.90 Å². The molecule has 1 fully saturated rings. The summed E-state index contributed by atoms with van der Waals surface area (Å²) in [6.07, 6.45) is 3.61. The summed E-state index contributed by atoms with van der Waals surface area (Å²) in [5, 5.41) is 19.5. The van der Waals surface area contributed by atoms with Crippen molar-refractivity contribution in [3.63, 3.8) is 0 Å². The molecule has 11 nitrogen and oxygen atoms in total. The second-order valence-electron chi connectivity index (χ2n) is 12.1. The van der Waals surface area contributed by atoms with Gasteiger partial charge in [0.1, 0.15) is 18.0 Å². The van der Waals surface area contributed by atoms with Crippen LogP contribution in [0, 0.1) is 13.8 Å². The van der Waals surface area contributed by atoms with Gasteiger partial charge < -0.3 is 15.8 Å². The van der Waals surface area contributed by atoms with Crippen molar-refractivity contribution in [2.75, 3.05) is 50.1 Å². The minimum atomic E-state index is -0.0856. The average molecular weight is 584 g/mol. The van der Waals surface area contributed by atoms with Crippen molar-refractivity contribution in [3.8, 4) is 5.82 Å². The van der Waals surface area contributed by atoms with E-state index in [2.05, 4.69) is 61.5 Å². The van der Waals surface area contributed by atoms with E-state index in [1.54, 1.807) is 10.9 Å². The molecular formula is C32H41N9O2. The maximum Gasteiger partial charge on any atom is 0.167 e. The molecule has 1 saturated heterocycles. The molecule has 0 aliphatic carbocycles. The smallest absolute Gasteiger partial charge is 0.167 e. The van der Waals surface area contributed by atoms with Crippen molar-refractivity contribution >= 4 is 23.1 Å². The zero-order chi connectivity index (χ0) is 30.6. The molecule has 1 aliphatic rings. The Hall–Kier alpha value is -4.19. The van der Waals surface area contributed by atoms with Crippen LogP contribution in [0.2, 0.25) is 0 Å². The van der Waals surface area contributed by atoms with Crippen LogP contribution in [0.3, 0.4) is 0 Å². The highest BCUT2D eigenvalue weighted by Crippen LogP contribution is 2.26. The maximum absolute atomic E-state index is 13.3. The normalized spacial score (nSPS) is 14.6. The molecule has 0 radical (unpaired) electrons. The first-order valence-electron chi connectivity index (χ1n) is 14.7. The lowest BCUT2D eigenvalue weighted by atomic mass is 9.90. The number of piperazine rings is 1. The SMILES string of the molecule is Cc1cc(Nc2cc(C(=O)Cc3ccnc(C(C)(C)C)c3)ccc2C)n(-c2cc(NN3CCN(CCO)CC3)ncn2)n1. The number of anilines is 3. The van der Waals surface area contributed by atoms with Crippen LogP contribution in [0.4, 0.5) is 17.3 Å². The Morgan fingerprint density at radius 2 is 1.77 bits per heavy atom. The first-order chi connectivity index (χ1) is 20.6. The molecule has 0 spiro atoms. The number of aliphatic hydroxyl groups is 1. The third-order valence-corrected chi connectivity index (χ3v) is 7.54. The second kappa shape index (κ2) is 13.0. The number of nitrogens with one attached hydrogen (secondary N) is 2. The molecule has 4 heterocycles. The molecule has 0 bridgehead atoms. The summed E-state index contributed by atoms with van der Waals surface area (Å²) in [5.74, 6) is 2.07. The van der Waals surface area contributed by atoms with E-state index in [0.717, 1.165) is 60.2 Å². The summed E-state index contributed by atoms with van der Waals surface area (Å²) in [6, 6.07) is 13.5. The minimum absolute atomic E-state index is 0.0440. The number of hydrazine groups is 1. The molecule has 3 N–H and O–H groups in total. The molecule has 3 aromatic heterocycles. The van der Waals surface area contributed by atoms with E-state index in [1.165, 1.54) is 6.33 Å². The number of aliphatic hydroxyl groups excluding tert-OH is 1. The summed E-state index contributed by atoms with van der Waals surface area (Å²) < 4.78 is 1.75. The Kier molecular flexibility index (Phi) is 9.14. The summed E-state index contributed by atoms with van der Waals surface area (Å²) in [4.78, 5) is 29.0. The highest BCUT2D eigenvalue weighted by atomic mass is 16.3. The maximum atomic E-state index is 13.3. The van der Waals surface area contributed by atoms with Gasteiger partial charge in [-0.15, -0.1) is 0 Å². The molecular weight excluding hydrogens is 542 g/mol. The summed E-state index contributed by atoms with van der Waals surface area (Å²) in [6.45, 7) is 14.5. The van der Waals surface area contributed by atoms with Gasteiger partial charge in [0, 0.05) is 79.8 Å². The van der Waals surface area contributed by atoms with Gasteiger partial charge in [-0.2, -0.15) is 9.78 Å². The fourth-order valence-electron chi connectivity index (χ4n) is 5.02. The Morgan fingerprint density at radius 3 is 2.51 bits per heavy atom. The van der Waals surface area contributed by atoms with Gasteiger partial charge >= 0.3 is 0 Å². The molecule has 4 aromatic rings. The Bertz CT molecular complexity index is 1570. The highest BCUT2D eigenvalue weighted by molar-refractivity contribution is 5.98. The lowest BCUT2D eigenvalue weighted by Crippen LogP contribution is -2.49. The Morgan fingerprint density at radius 1 is 0.977 bits per heavy atom. The topological polar surface area (TPSA) is 124 Å². The van der Waals surface area contributed by atoms with Crippen molar-refractivity contribution in [2.45, 2.75) is 46.5 Å². The van der Waals surface area contributed by atoms with Crippen LogP contribution < -0.4 is 10.7 Å². The average Bonchev–Trinajstić information content (AvgIpc) is 3.35. The fraction of sp³-hybridized carbons (Fsp3) is 0.406.